The van der Waals surface area contributed by atoms with E-state index in [0.717, 1.165) is 15.7 Å². The van der Waals surface area contributed by atoms with E-state index in [-0.39, 0.29) is 12.1 Å². The van der Waals surface area contributed by atoms with Crippen LogP contribution in [0.2, 0.25) is 0 Å². The molecule has 0 aliphatic rings. The summed E-state index contributed by atoms with van der Waals surface area (Å²) in [5, 5.41) is 4.38. The Morgan fingerprint density at radius 2 is 2.20 bits per heavy atom. The Kier molecular flexibility index (Phi) is 4.74. The van der Waals surface area contributed by atoms with Gasteiger partial charge in [-0.15, -0.1) is 0 Å². The smallest absolute Gasteiger partial charge is 0.218 e. The number of aromatic nitrogens is 3. The molecule has 7 heteroatoms. The second kappa shape index (κ2) is 6.34. The van der Waals surface area contributed by atoms with Crippen LogP contribution in [0.3, 0.4) is 0 Å². The first kappa shape index (κ1) is 15.0. The van der Waals surface area contributed by atoms with Crippen molar-refractivity contribution in [2.24, 2.45) is 5.84 Å². The van der Waals surface area contributed by atoms with Crippen molar-refractivity contribution in [3.63, 3.8) is 0 Å². The molecule has 0 saturated heterocycles. The number of nitrogens with zero attached hydrogens (tertiary/aromatic N) is 3. The maximum Gasteiger partial charge on any atom is 0.218 e. The molecule has 108 valence electrons. The first-order chi connectivity index (χ1) is 9.60. The molecule has 0 aliphatic carbocycles. The van der Waals surface area contributed by atoms with Crippen LogP contribution in [-0.4, -0.2) is 21.9 Å². The zero-order valence-corrected chi connectivity index (χ0v) is 13.3. The Morgan fingerprint density at radius 1 is 1.45 bits per heavy atom. The molecule has 0 aromatic carbocycles. The summed E-state index contributed by atoms with van der Waals surface area (Å²) in [5.74, 6) is 6.30. The van der Waals surface area contributed by atoms with Crippen LogP contribution in [0.4, 0.5) is 0 Å². The van der Waals surface area contributed by atoms with Crippen LogP contribution in [0.15, 0.2) is 29.0 Å². The Morgan fingerprint density at radius 3 is 2.80 bits per heavy atom. The van der Waals surface area contributed by atoms with E-state index in [1.807, 2.05) is 16.8 Å². The number of nitrogens with one attached hydrogen (secondary N) is 1. The summed E-state index contributed by atoms with van der Waals surface area (Å²) in [6, 6.07) is 3.74. The fourth-order valence-corrected chi connectivity index (χ4v) is 2.64. The van der Waals surface area contributed by atoms with Crippen molar-refractivity contribution in [1.82, 2.24) is 20.2 Å². The second-order valence-corrected chi connectivity index (χ2v) is 5.47. The molecule has 0 bridgehead atoms. The van der Waals surface area contributed by atoms with E-state index in [4.69, 9.17) is 10.6 Å². The van der Waals surface area contributed by atoms with Gasteiger partial charge in [0.25, 0.3) is 0 Å². The highest BCUT2D eigenvalue weighted by Crippen LogP contribution is 2.33. The maximum absolute atomic E-state index is 5.76. The average molecular weight is 340 g/mol. The fraction of sp³-hybridized carbons (Fsp3) is 0.385. The Bertz CT molecular complexity index is 584. The lowest BCUT2D eigenvalue weighted by Crippen LogP contribution is -2.31. The van der Waals surface area contributed by atoms with Crippen molar-refractivity contribution in [2.75, 3.05) is 7.11 Å². The van der Waals surface area contributed by atoms with E-state index in [0.29, 0.717) is 5.88 Å². The van der Waals surface area contributed by atoms with Crippen LogP contribution in [0.1, 0.15) is 37.2 Å². The van der Waals surface area contributed by atoms with Crippen LogP contribution in [0, 0.1) is 0 Å². The predicted molar refractivity (Wildman–Crippen MR) is 80.3 cm³/mol. The van der Waals surface area contributed by atoms with Gasteiger partial charge in [0.2, 0.25) is 5.88 Å². The topological polar surface area (TPSA) is 78.0 Å². The molecule has 2 aromatic rings. The van der Waals surface area contributed by atoms with E-state index < -0.39 is 0 Å². The zero-order valence-electron chi connectivity index (χ0n) is 11.7. The monoisotopic (exact) mass is 339 g/mol. The number of hydrogen-bond acceptors (Lipinski definition) is 5. The lowest BCUT2D eigenvalue weighted by Gasteiger charge is -2.21. The van der Waals surface area contributed by atoms with Gasteiger partial charge in [0, 0.05) is 17.8 Å². The van der Waals surface area contributed by atoms with Gasteiger partial charge in [-0.1, -0.05) is 6.07 Å². The van der Waals surface area contributed by atoms with Gasteiger partial charge in [-0.25, -0.2) is 10.4 Å². The van der Waals surface area contributed by atoms with Crippen LogP contribution in [0.25, 0.3) is 0 Å². The fourth-order valence-electron chi connectivity index (χ4n) is 2.14. The molecule has 0 spiro atoms. The van der Waals surface area contributed by atoms with Crippen LogP contribution >= 0.6 is 15.9 Å². The third-order valence-electron chi connectivity index (χ3n) is 3.02. The molecule has 2 rings (SSSR count). The summed E-state index contributed by atoms with van der Waals surface area (Å²) >= 11 is 3.53. The molecule has 0 radical (unpaired) electrons. The lowest BCUT2D eigenvalue weighted by atomic mass is 10.1. The molecule has 1 atom stereocenters. The Hall–Kier alpha value is -1.44. The van der Waals surface area contributed by atoms with Gasteiger partial charge < -0.3 is 4.74 Å². The van der Waals surface area contributed by atoms with E-state index in [1.165, 1.54) is 0 Å². The normalized spacial score (nSPS) is 12.7. The van der Waals surface area contributed by atoms with Gasteiger partial charge in [-0.3, -0.25) is 10.5 Å². The van der Waals surface area contributed by atoms with E-state index in [9.17, 15) is 0 Å². The summed E-state index contributed by atoms with van der Waals surface area (Å²) < 4.78 is 8.12. The minimum Gasteiger partial charge on any atom is -0.481 e. The molecule has 0 amide bonds. The summed E-state index contributed by atoms with van der Waals surface area (Å²) in [5.41, 5.74) is 4.62. The molecule has 20 heavy (non-hydrogen) atoms. The number of halogens is 1. The standard InChI is InChI=1S/C13H18BrN5O/c1-8(2)19-12(10(14)7-17-19)11(18-15)9-5-4-6-16-13(9)20-3/h4-8,11,18H,15H2,1-3H3. The Balaban J connectivity index is 2.55. The number of rotatable bonds is 5. The average Bonchev–Trinajstić information content (AvgIpc) is 2.83. The van der Waals surface area contributed by atoms with Crippen molar-refractivity contribution in [3.8, 4) is 5.88 Å². The van der Waals surface area contributed by atoms with Crippen molar-refractivity contribution in [1.29, 1.82) is 0 Å². The molecule has 2 heterocycles. The number of pyridine rings is 1. The number of hydrazine groups is 1. The molecule has 1 unspecified atom stereocenters. The molecule has 6 nitrogen and oxygen atoms in total. The van der Waals surface area contributed by atoms with E-state index >= 15 is 0 Å². The highest BCUT2D eigenvalue weighted by Gasteiger charge is 2.25. The molecular formula is C13H18BrN5O. The van der Waals surface area contributed by atoms with Crippen LogP contribution < -0.4 is 16.0 Å². The van der Waals surface area contributed by atoms with Crippen LogP contribution in [0.5, 0.6) is 5.88 Å². The summed E-state index contributed by atoms with van der Waals surface area (Å²) in [6.07, 6.45) is 3.45. The number of ether oxygens (including phenoxy) is 1. The largest absolute Gasteiger partial charge is 0.481 e. The summed E-state index contributed by atoms with van der Waals surface area (Å²) in [6.45, 7) is 4.13. The van der Waals surface area contributed by atoms with Crippen molar-refractivity contribution in [2.45, 2.75) is 25.9 Å². The zero-order chi connectivity index (χ0) is 14.7. The van der Waals surface area contributed by atoms with E-state index in [1.54, 1.807) is 19.5 Å². The maximum atomic E-state index is 5.76. The first-order valence-corrected chi connectivity index (χ1v) is 7.07. The first-order valence-electron chi connectivity index (χ1n) is 6.28. The van der Waals surface area contributed by atoms with Crippen molar-refractivity contribution >= 4 is 15.9 Å². The van der Waals surface area contributed by atoms with Crippen molar-refractivity contribution < 1.29 is 4.74 Å². The van der Waals surface area contributed by atoms with Crippen LogP contribution in [-0.2, 0) is 0 Å². The second-order valence-electron chi connectivity index (χ2n) is 4.62. The molecule has 0 fully saturated rings. The molecule has 0 aliphatic heterocycles. The Labute approximate surface area is 126 Å². The SMILES string of the molecule is COc1ncccc1C(NN)c1c(Br)cnn1C(C)C. The van der Waals surface area contributed by atoms with Gasteiger partial charge in [0.05, 0.1) is 29.5 Å². The molecule has 2 aromatic heterocycles. The highest BCUT2D eigenvalue weighted by molar-refractivity contribution is 9.10. The number of nitrogens with two attached hydrogens (primary N) is 1. The lowest BCUT2D eigenvalue weighted by molar-refractivity contribution is 0.383. The summed E-state index contributed by atoms with van der Waals surface area (Å²) in [4.78, 5) is 4.22. The third-order valence-corrected chi connectivity index (χ3v) is 3.63. The molecule has 3 N–H and O–H groups in total. The van der Waals surface area contributed by atoms with Gasteiger partial charge in [0.1, 0.15) is 0 Å². The minimum absolute atomic E-state index is 0.217. The minimum atomic E-state index is -0.266. The molecular weight excluding hydrogens is 322 g/mol. The predicted octanol–water partition coefficient (Wildman–Crippen LogP) is 2.18. The van der Waals surface area contributed by atoms with Crippen molar-refractivity contribution in [3.05, 3.63) is 40.3 Å². The summed E-state index contributed by atoms with van der Waals surface area (Å²) in [7, 11) is 1.59. The number of hydrogen-bond donors (Lipinski definition) is 2. The van der Waals surface area contributed by atoms with Gasteiger partial charge >= 0.3 is 0 Å². The highest BCUT2D eigenvalue weighted by atomic mass is 79.9. The van der Waals surface area contributed by atoms with Gasteiger partial charge in [-0.2, -0.15) is 5.10 Å². The molecule has 0 saturated carbocycles. The van der Waals surface area contributed by atoms with Gasteiger partial charge in [-0.05, 0) is 35.8 Å². The number of methoxy groups -OCH3 is 1. The van der Waals surface area contributed by atoms with E-state index in [2.05, 4.69) is 45.3 Å². The third kappa shape index (κ3) is 2.70. The van der Waals surface area contributed by atoms with Gasteiger partial charge in [0.15, 0.2) is 0 Å². The quantitative estimate of drug-likeness (QED) is 0.644.